The summed E-state index contributed by atoms with van der Waals surface area (Å²) < 4.78 is 0. The van der Waals surface area contributed by atoms with Gasteiger partial charge in [0.05, 0.1) is 0 Å². The molecule has 0 aromatic heterocycles. The molecule has 42 heavy (non-hydrogen) atoms. The molecule has 4 rings (SSSR count). The fourth-order valence-electron chi connectivity index (χ4n) is 11.2. The molecule has 246 valence electrons. The van der Waals surface area contributed by atoms with Gasteiger partial charge < -0.3 is 22.1 Å². The number of fused-ring (bicyclic) bond motifs is 5. The Morgan fingerprint density at radius 3 is 2.17 bits per heavy atom. The van der Waals surface area contributed by atoms with Gasteiger partial charge in [-0.25, -0.2) is 0 Å². The minimum absolute atomic E-state index is 0.376. The van der Waals surface area contributed by atoms with Crippen molar-refractivity contribution in [1.82, 2.24) is 10.6 Å². The summed E-state index contributed by atoms with van der Waals surface area (Å²) in [5.74, 6) is 6.30. The molecule has 4 saturated carbocycles. The molecule has 0 amide bonds. The summed E-state index contributed by atoms with van der Waals surface area (Å²) in [6.45, 7) is 17.0. The van der Waals surface area contributed by atoms with E-state index in [1.165, 1.54) is 135 Å². The second-order valence-electron chi connectivity index (χ2n) is 16.8. The van der Waals surface area contributed by atoms with Crippen LogP contribution in [0.2, 0.25) is 0 Å². The Morgan fingerprint density at radius 1 is 0.714 bits per heavy atom. The Kier molecular flexibility index (Phi) is 13.6. The molecule has 4 aliphatic rings. The highest BCUT2D eigenvalue weighted by molar-refractivity contribution is 5.10. The summed E-state index contributed by atoms with van der Waals surface area (Å²) in [7, 11) is 0. The predicted octanol–water partition coefficient (Wildman–Crippen LogP) is 8.28. The molecular formula is C38H74N4. The van der Waals surface area contributed by atoms with Gasteiger partial charge in [-0.2, -0.15) is 0 Å². The topological polar surface area (TPSA) is 76.1 Å². The van der Waals surface area contributed by atoms with Gasteiger partial charge in [0, 0.05) is 12.1 Å². The molecule has 6 N–H and O–H groups in total. The number of rotatable bonds is 18. The van der Waals surface area contributed by atoms with Crippen molar-refractivity contribution in [3.63, 3.8) is 0 Å². The van der Waals surface area contributed by atoms with E-state index in [0.717, 1.165) is 48.1 Å². The molecule has 0 saturated heterocycles. The Morgan fingerprint density at radius 2 is 1.40 bits per heavy atom. The summed E-state index contributed by atoms with van der Waals surface area (Å²) in [5.41, 5.74) is 13.2. The van der Waals surface area contributed by atoms with Crippen molar-refractivity contribution in [2.45, 2.75) is 162 Å². The van der Waals surface area contributed by atoms with Crippen molar-refractivity contribution in [3.05, 3.63) is 0 Å². The van der Waals surface area contributed by atoms with Gasteiger partial charge in [-0.3, -0.25) is 0 Å². The average Bonchev–Trinajstić information content (AvgIpc) is 3.33. The van der Waals surface area contributed by atoms with Crippen molar-refractivity contribution in [1.29, 1.82) is 0 Å². The van der Waals surface area contributed by atoms with Crippen LogP contribution in [0.25, 0.3) is 0 Å². The number of hydrogen-bond acceptors (Lipinski definition) is 4. The van der Waals surface area contributed by atoms with Crippen LogP contribution in [0.15, 0.2) is 0 Å². The molecule has 0 aromatic rings. The van der Waals surface area contributed by atoms with Crippen molar-refractivity contribution in [2.24, 2.45) is 63.7 Å². The van der Waals surface area contributed by atoms with Gasteiger partial charge in [-0.15, -0.1) is 0 Å². The largest absolute Gasteiger partial charge is 0.330 e. The molecular weight excluding hydrogens is 512 g/mol. The van der Waals surface area contributed by atoms with Crippen molar-refractivity contribution >= 4 is 0 Å². The Bertz CT molecular complexity index is 770. The van der Waals surface area contributed by atoms with Gasteiger partial charge in [0.1, 0.15) is 0 Å². The molecule has 0 radical (unpaired) electrons. The summed E-state index contributed by atoms with van der Waals surface area (Å²) in [6, 6.07) is 1.14. The van der Waals surface area contributed by atoms with E-state index in [9.17, 15) is 0 Å². The highest BCUT2D eigenvalue weighted by Crippen LogP contribution is 2.68. The molecule has 0 spiro atoms. The second-order valence-corrected chi connectivity index (χ2v) is 16.8. The lowest BCUT2D eigenvalue weighted by Crippen LogP contribution is -2.55. The van der Waals surface area contributed by atoms with Crippen LogP contribution in [0, 0.1) is 52.3 Å². The number of unbranched alkanes of at least 4 members (excludes halogenated alkanes) is 5. The quantitative estimate of drug-likeness (QED) is 0.122. The van der Waals surface area contributed by atoms with Crippen molar-refractivity contribution in [3.8, 4) is 0 Å². The van der Waals surface area contributed by atoms with Crippen LogP contribution < -0.4 is 22.1 Å². The van der Waals surface area contributed by atoms with Crippen molar-refractivity contribution < 1.29 is 0 Å². The highest BCUT2D eigenvalue weighted by Gasteiger charge is 2.60. The van der Waals surface area contributed by atoms with Crippen molar-refractivity contribution in [2.75, 3.05) is 26.2 Å². The third kappa shape index (κ3) is 8.35. The number of hydrogen-bond donors (Lipinski definition) is 4. The van der Waals surface area contributed by atoms with E-state index in [-0.39, 0.29) is 0 Å². The van der Waals surface area contributed by atoms with E-state index in [2.05, 4.69) is 45.3 Å². The molecule has 4 fully saturated rings. The van der Waals surface area contributed by atoms with Crippen LogP contribution >= 0.6 is 0 Å². The van der Waals surface area contributed by atoms with E-state index in [4.69, 9.17) is 11.5 Å². The lowest BCUT2D eigenvalue weighted by atomic mass is 9.44. The summed E-state index contributed by atoms with van der Waals surface area (Å²) in [4.78, 5) is 0. The fraction of sp³-hybridized carbons (Fsp3) is 1.00. The first-order chi connectivity index (χ1) is 20.2. The Balaban J connectivity index is 1.17. The maximum atomic E-state index is 6.47. The molecule has 4 nitrogen and oxygen atoms in total. The van der Waals surface area contributed by atoms with Crippen LogP contribution in [-0.2, 0) is 0 Å². The average molecular weight is 587 g/mol. The maximum absolute atomic E-state index is 6.47. The number of nitrogens with two attached hydrogens (primary N) is 2. The standard InChI is InChI=1S/C38H74N4/c1-28(2)36(40)18-13-29(3)33-16-17-34-32-15-14-30-27-31(19-21-37(30,4)35(32)20-22-38(33,34)5)42-26-12-25-41-24-11-9-7-6-8-10-23-39/h28-36,41-42H,6-27,39-40H2,1-5H3/t29-,30+,31+,32?,33-,34?,35?,36?,37+,38-/m1/s1. The minimum Gasteiger partial charge on any atom is -0.330 e. The number of nitrogens with one attached hydrogen (secondary N) is 2. The first kappa shape index (κ1) is 34.7. The summed E-state index contributed by atoms with van der Waals surface area (Å²) >= 11 is 0. The molecule has 0 aliphatic heterocycles. The monoisotopic (exact) mass is 587 g/mol. The fourth-order valence-corrected chi connectivity index (χ4v) is 11.2. The van der Waals surface area contributed by atoms with Gasteiger partial charge in [0.25, 0.3) is 0 Å². The molecule has 0 aromatic carbocycles. The van der Waals surface area contributed by atoms with Gasteiger partial charge in [-0.05, 0) is 168 Å². The first-order valence-corrected chi connectivity index (χ1v) is 19.1. The van der Waals surface area contributed by atoms with Crippen LogP contribution in [0.4, 0.5) is 0 Å². The zero-order valence-corrected chi connectivity index (χ0v) is 28.9. The van der Waals surface area contributed by atoms with Crippen LogP contribution in [-0.4, -0.2) is 38.3 Å². The lowest BCUT2D eigenvalue weighted by molar-refractivity contribution is -0.118. The lowest BCUT2D eigenvalue weighted by Gasteiger charge is -2.61. The molecule has 10 atom stereocenters. The SMILES string of the molecule is CC(C)C(N)CC[C@@H](C)[C@H]1CCC2C3CC[C@H]4C[C@@H](NCCCNCCCCCCCCN)CC[C@]4(C)C3CC[C@@]21C. The molecule has 0 bridgehead atoms. The van der Waals surface area contributed by atoms with Gasteiger partial charge in [-0.1, -0.05) is 60.3 Å². The molecule has 4 aliphatic carbocycles. The van der Waals surface area contributed by atoms with E-state index in [0.29, 0.717) is 22.8 Å². The Labute approximate surface area is 262 Å². The normalized spacial score (nSPS) is 37.7. The third-order valence-corrected chi connectivity index (χ3v) is 14.0. The zero-order valence-electron chi connectivity index (χ0n) is 28.9. The second kappa shape index (κ2) is 16.4. The summed E-state index contributed by atoms with van der Waals surface area (Å²) in [5, 5.41) is 7.69. The zero-order chi connectivity index (χ0) is 30.2. The molecule has 4 heteroatoms. The highest BCUT2D eigenvalue weighted by atomic mass is 14.9. The van der Waals surface area contributed by atoms with E-state index in [1.807, 2.05) is 0 Å². The molecule has 0 heterocycles. The smallest absolute Gasteiger partial charge is 0.00701 e. The third-order valence-electron chi connectivity index (χ3n) is 14.0. The van der Waals surface area contributed by atoms with Gasteiger partial charge >= 0.3 is 0 Å². The van der Waals surface area contributed by atoms with Gasteiger partial charge in [0.15, 0.2) is 0 Å². The van der Waals surface area contributed by atoms with E-state index >= 15 is 0 Å². The Hall–Kier alpha value is -0.160. The van der Waals surface area contributed by atoms with Crippen LogP contribution in [0.1, 0.15) is 150 Å². The van der Waals surface area contributed by atoms with Crippen LogP contribution in [0.3, 0.4) is 0 Å². The summed E-state index contributed by atoms with van der Waals surface area (Å²) in [6.07, 6.45) is 25.1. The predicted molar refractivity (Wildman–Crippen MR) is 182 cm³/mol. The van der Waals surface area contributed by atoms with Crippen LogP contribution in [0.5, 0.6) is 0 Å². The van der Waals surface area contributed by atoms with E-state index in [1.54, 1.807) is 0 Å². The van der Waals surface area contributed by atoms with Gasteiger partial charge in [0.2, 0.25) is 0 Å². The minimum atomic E-state index is 0.376. The first-order valence-electron chi connectivity index (χ1n) is 19.1. The van der Waals surface area contributed by atoms with E-state index < -0.39 is 0 Å². The molecule has 4 unspecified atom stereocenters. The maximum Gasteiger partial charge on any atom is 0.00701 e.